The van der Waals surface area contributed by atoms with Gasteiger partial charge in [0.15, 0.2) is 12.6 Å². The molecule has 5 N–H and O–H groups in total. The van der Waals surface area contributed by atoms with Gasteiger partial charge in [0, 0.05) is 70.8 Å². The zero-order valence-electron chi connectivity index (χ0n) is 46.4. The van der Waals surface area contributed by atoms with E-state index in [4.69, 9.17) is 33.2 Å². The predicted octanol–water partition coefficient (Wildman–Crippen LogP) is 3.94. The second-order valence-electron chi connectivity index (χ2n) is 22.2. The number of benzene rings is 1. The summed E-state index contributed by atoms with van der Waals surface area (Å²) in [6.07, 6.45) is -5.16. The normalized spacial score (nSPS) is 38.5. The maximum absolute atomic E-state index is 14.8. The molecule has 0 bridgehead atoms. The van der Waals surface area contributed by atoms with Crippen LogP contribution in [0.1, 0.15) is 125 Å². The van der Waals surface area contributed by atoms with Gasteiger partial charge in [-0.1, -0.05) is 38.1 Å². The maximum atomic E-state index is 14.8. The topological polar surface area (TPSA) is 246 Å². The van der Waals surface area contributed by atoms with Gasteiger partial charge in [0.05, 0.1) is 52.1 Å². The lowest BCUT2D eigenvalue weighted by atomic mass is 9.77. The van der Waals surface area contributed by atoms with Gasteiger partial charge in [0.25, 0.3) is 0 Å². The van der Waals surface area contributed by atoms with Gasteiger partial charge in [-0.3, -0.25) is 4.79 Å². The Hall–Kier alpha value is -2.81. The molecule has 5 rings (SSSR count). The van der Waals surface area contributed by atoms with E-state index in [9.17, 15) is 38.0 Å². The van der Waals surface area contributed by atoms with Crippen molar-refractivity contribution in [3.05, 3.63) is 41.7 Å². The standard InChI is InChI=1S/C52H89FN6O14S/c1-16-41-52(10,64)46(60)34(6)58(13)28-30(2)25-50(8,63)48(32(4)44(33(5)49(62)71-41)72-43-26-51(9,68-15)47(61)35(7)70-43)73-42-24-38(23-31(3)69-42)57(12)22-21-37-29-59(56-55-37)40(27-53)45(67-14)36-17-19-39(20-18-36)74(65,66)54-11/h17-20,29-35,38,40-48,54,60-61,63-64H,16,21-28H2,1-15H3/t30-,31-,32+,33-,34-,35+,38+,40-,41-,42+,43+,44+,45-,46-,47+,48-,50-,51-,52-/m1/s1. The number of carbonyl (C=O) groups excluding carboxylic acids is 1. The van der Waals surface area contributed by atoms with Crippen molar-refractivity contribution in [2.24, 2.45) is 17.8 Å². The Morgan fingerprint density at radius 1 is 0.973 bits per heavy atom. The molecule has 1 aromatic heterocycles. The van der Waals surface area contributed by atoms with Crippen LogP contribution in [0.25, 0.3) is 0 Å². The van der Waals surface area contributed by atoms with E-state index in [2.05, 4.69) is 19.9 Å². The van der Waals surface area contributed by atoms with Crippen LogP contribution in [0.2, 0.25) is 0 Å². The Balaban J connectivity index is 1.41. The molecule has 74 heavy (non-hydrogen) atoms. The van der Waals surface area contributed by atoms with Crippen LogP contribution >= 0.6 is 0 Å². The Labute approximate surface area is 438 Å². The lowest BCUT2D eigenvalue weighted by Gasteiger charge is -2.48. The van der Waals surface area contributed by atoms with E-state index in [0.717, 1.165) is 0 Å². The third-order valence-electron chi connectivity index (χ3n) is 16.2. The van der Waals surface area contributed by atoms with E-state index < -0.39 is 119 Å². The number of halogens is 1. The number of esters is 1. The molecule has 0 spiro atoms. The van der Waals surface area contributed by atoms with Crippen LogP contribution < -0.4 is 4.72 Å². The van der Waals surface area contributed by atoms with Crippen molar-refractivity contribution >= 4 is 16.0 Å². The number of likely N-dealkylation sites (N-methyl/N-ethyl adjacent to an activating group) is 2. The van der Waals surface area contributed by atoms with Crippen LogP contribution in [0.3, 0.4) is 0 Å². The molecule has 19 atom stereocenters. The Bertz CT molecular complexity index is 2190. The average molecular weight is 1070 g/mol. The second-order valence-corrected chi connectivity index (χ2v) is 24.1. The summed E-state index contributed by atoms with van der Waals surface area (Å²) < 4.78 is 87.4. The van der Waals surface area contributed by atoms with Crippen LogP contribution in [0.5, 0.6) is 0 Å². The first kappa shape index (κ1) is 62.0. The van der Waals surface area contributed by atoms with Crippen molar-refractivity contribution < 1.29 is 71.2 Å². The molecular formula is C52H89FN6O14S. The van der Waals surface area contributed by atoms with Gasteiger partial charge in [0.1, 0.15) is 42.7 Å². The molecule has 1 aromatic carbocycles. The number of cyclic esters (lactones) is 1. The fraction of sp³-hybridized carbons (Fsp3) is 0.827. The third kappa shape index (κ3) is 14.5. The number of nitrogens with zero attached hydrogens (tertiary/aromatic N) is 5. The van der Waals surface area contributed by atoms with Gasteiger partial charge in [-0.15, -0.1) is 5.10 Å². The Kier molecular flexibility index (Phi) is 21.6. The van der Waals surface area contributed by atoms with Gasteiger partial charge in [-0.2, -0.15) is 0 Å². The van der Waals surface area contributed by atoms with E-state index in [1.54, 1.807) is 59.9 Å². The molecule has 424 valence electrons. The number of sulfonamides is 1. The molecule has 2 aromatic rings. The smallest absolute Gasteiger partial charge is 0.311 e. The highest BCUT2D eigenvalue weighted by Gasteiger charge is 2.52. The van der Waals surface area contributed by atoms with Gasteiger partial charge >= 0.3 is 5.97 Å². The summed E-state index contributed by atoms with van der Waals surface area (Å²) in [5, 5.41) is 56.1. The van der Waals surface area contributed by atoms with Crippen LogP contribution in [0, 0.1) is 17.8 Å². The lowest BCUT2D eigenvalue weighted by Crippen LogP contribution is -2.59. The molecule has 0 aliphatic carbocycles. The van der Waals surface area contributed by atoms with Gasteiger partial charge < -0.3 is 63.4 Å². The second kappa shape index (κ2) is 25.8. The number of methoxy groups -OCH3 is 2. The SMILES string of the molecule is CC[C@H]1OC(=O)[C@H](C)[C@@H](O[C@H]2C[C@@](C)(OC)[C@@H](O)[C@H](C)O2)[C@H](C)[C@@H](O[C@H]2C[C@@H](N(C)CCc3cn([C@H](CF)[C@H](OC)c4ccc(S(=O)(=O)NC)cc4)nn3)C[C@@H](C)O2)[C@](C)(O)C[C@@H](C)CN(C)[C@H](C)[C@@H](O)[C@]1(C)O. The van der Waals surface area contributed by atoms with E-state index in [1.807, 2.05) is 39.8 Å². The van der Waals surface area contributed by atoms with E-state index in [1.165, 1.54) is 45.0 Å². The number of aliphatic hydroxyl groups excluding tert-OH is 2. The van der Waals surface area contributed by atoms with Gasteiger partial charge in [-0.25, -0.2) is 22.2 Å². The minimum absolute atomic E-state index is 0.0528. The number of hydrogen-bond donors (Lipinski definition) is 5. The number of alkyl halides is 1. The highest BCUT2D eigenvalue weighted by Crippen LogP contribution is 2.40. The van der Waals surface area contributed by atoms with Crippen molar-refractivity contribution in [2.75, 3.05) is 55.1 Å². The summed E-state index contributed by atoms with van der Waals surface area (Å²) in [6, 6.07) is 4.56. The van der Waals surface area contributed by atoms with E-state index >= 15 is 0 Å². The summed E-state index contributed by atoms with van der Waals surface area (Å²) in [6.45, 7) is 17.9. The molecule has 0 radical (unpaired) electrons. The van der Waals surface area contributed by atoms with Crippen LogP contribution in [-0.4, -0.2) is 199 Å². The summed E-state index contributed by atoms with van der Waals surface area (Å²) in [5.74, 6) is -2.64. The minimum Gasteiger partial charge on any atom is -0.459 e. The summed E-state index contributed by atoms with van der Waals surface area (Å²) in [4.78, 5) is 18.7. The predicted molar refractivity (Wildman–Crippen MR) is 273 cm³/mol. The monoisotopic (exact) mass is 1070 g/mol. The highest BCUT2D eigenvalue weighted by atomic mass is 32.2. The van der Waals surface area contributed by atoms with Gasteiger partial charge in [-0.05, 0) is 112 Å². The minimum atomic E-state index is -3.67. The maximum Gasteiger partial charge on any atom is 0.311 e. The summed E-state index contributed by atoms with van der Waals surface area (Å²) in [7, 11) is 4.47. The zero-order valence-corrected chi connectivity index (χ0v) is 47.2. The number of carbonyl (C=O) groups is 1. The number of nitrogens with one attached hydrogen (secondary N) is 1. The fourth-order valence-electron chi connectivity index (χ4n) is 11.4. The molecule has 20 nitrogen and oxygen atoms in total. The Morgan fingerprint density at radius 2 is 1.64 bits per heavy atom. The van der Waals surface area contributed by atoms with Crippen LogP contribution in [0.15, 0.2) is 35.4 Å². The van der Waals surface area contributed by atoms with Gasteiger partial charge in [0.2, 0.25) is 10.0 Å². The first-order chi connectivity index (χ1) is 34.6. The number of rotatable bonds is 17. The van der Waals surface area contributed by atoms with Crippen molar-refractivity contribution in [1.29, 1.82) is 0 Å². The van der Waals surface area contributed by atoms with E-state index in [-0.39, 0.29) is 42.2 Å². The van der Waals surface area contributed by atoms with E-state index in [0.29, 0.717) is 43.6 Å². The molecule has 4 heterocycles. The molecule has 0 saturated carbocycles. The fourth-order valence-corrected chi connectivity index (χ4v) is 12.2. The average Bonchev–Trinajstić information content (AvgIpc) is 3.83. The van der Waals surface area contributed by atoms with Crippen LogP contribution in [0.4, 0.5) is 4.39 Å². The molecule has 3 saturated heterocycles. The number of ether oxygens (including phenoxy) is 7. The largest absolute Gasteiger partial charge is 0.459 e. The Morgan fingerprint density at radius 3 is 2.23 bits per heavy atom. The molecule has 3 aliphatic heterocycles. The molecule has 0 amide bonds. The molecule has 22 heteroatoms. The molecule has 0 unspecified atom stereocenters. The number of aromatic nitrogens is 3. The van der Waals surface area contributed by atoms with Crippen molar-refractivity contribution in [2.45, 2.75) is 209 Å². The van der Waals surface area contributed by atoms with Crippen molar-refractivity contribution in [3.63, 3.8) is 0 Å². The number of hydrogen-bond acceptors (Lipinski definition) is 18. The summed E-state index contributed by atoms with van der Waals surface area (Å²) in [5.41, 5.74) is -3.25. The third-order valence-corrected chi connectivity index (χ3v) is 17.6. The lowest BCUT2D eigenvalue weighted by molar-refractivity contribution is -0.308. The quantitative estimate of drug-likeness (QED) is 0.141. The molecule has 3 aliphatic rings. The number of aliphatic hydroxyl groups is 4. The molecular weight excluding hydrogens is 984 g/mol. The zero-order chi connectivity index (χ0) is 55.2. The first-order valence-corrected chi connectivity index (χ1v) is 27.7. The molecule has 3 fully saturated rings. The van der Waals surface area contributed by atoms with Crippen LogP contribution in [-0.2, 0) is 54.4 Å². The summed E-state index contributed by atoms with van der Waals surface area (Å²) >= 11 is 0. The van der Waals surface area contributed by atoms with Crippen molar-refractivity contribution in [1.82, 2.24) is 29.5 Å². The van der Waals surface area contributed by atoms with Crippen molar-refractivity contribution in [3.8, 4) is 0 Å². The first-order valence-electron chi connectivity index (χ1n) is 26.2. The highest BCUT2D eigenvalue weighted by molar-refractivity contribution is 7.89.